The highest BCUT2D eigenvalue weighted by Gasteiger charge is 2.11. The second-order valence-corrected chi connectivity index (χ2v) is 3.41. The molecule has 0 aliphatic carbocycles. The predicted molar refractivity (Wildman–Crippen MR) is 48.3 cm³/mol. The van der Waals surface area contributed by atoms with Gasteiger partial charge in [0.1, 0.15) is 0 Å². The van der Waals surface area contributed by atoms with Gasteiger partial charge >= 0.3 is 0 Å². The third kappa shape index (κ3) is 2.95. The summed E-state index contributed by atoms with van der Waals surface area (Å²) in [7, 11) is 0. The number of likely N-dealkylation sites (tertiary alicyclic amines) is 1. The highest BCUT2D eigenvalue weighted by atomic mass is 15.1. The van der Waals surface area contributed by atoms with Crippen molar-refractivity contribution in [3.05, 3.63) is 0 Å². The van der Waals surface area contributed by atoms with Gasteiger partial charge in [-0.1, -0.05) is 6.92 Å². The lowest BCUT2D eigenvalue weighted by Gasteiger charge is -2.14. The summed E-state index contributed by atoms with van der Waals surface area (Å²) in [5, 5.41) is 0. The van der Waals surface area contributed by atoms with Crippen molar-refractivity contribution in [1.29, 1.82) is 0 Å². The Morgan fingerprint density at radius 3 is 2.64 bits per heavy atom. The standard InChI is InChI=1S/C10H17N/c1-3-10(2)6-9-11-7-4-5-8-11/h1,10H,4-9H2,2H3. The van der Waals surface area contributed by atoms with Gasteiger partial charge in [-0.3, -0.25) is 0 Å². The summed E-state index contributed by atoms with van der Waals surface area (Å²) in [6.07, 6.45) is 9.21. The molecule has 0 radical (unpaired) electrons. The van der Waals surface area contributed by atoms with Crippen molar-refractivity contribution in [3.63, 3.8) is 0 Å². The van der Waals surface area contributed by atoms with Gasteiger partial charge in [0.25, 0.3) is 0 Å². The number of hydrogen-bond donors (Lipinski definition) is 0. The summed E-state index contributed by atoms with van der Waals surface area (Å²) in [5.74, 6) is 3.22. The summed E-state index contributed by atoms with van der Waals surface area (Å²) >= 11 is 0. The number of terminal acetylenes is 1. The molecular weight excluding hydrogens is 134 g/mol. The lowest BCUT2D eigenvalue weighted by atomic mass is 10.1. The van der Waals surface area contributed by atoms with E-state index >= 15 is 0 Å². The first-order valence-electron chi connectivity index (χ1n) is 4.51. The molecule has 1 unspecified atom stereocenters. The molecule has 1 atom stereocenters. The van der Waals surface area contributed by atoms with E-state index in [2.05, 4.69) is 17.7 Å². The summed E-state index contributed by atoms with van der Waals surface area (Å²) in [6.45, 7) is 5.90. The monoisotopic (exact) mass is 151 g/mol. The molecule has 0 aromatic carbocycles. The Labute approximate surface area is 69.8 Å². The molecule has 1 aliphatic heterocycles. The maximum Gasteiger partial charge on any atom is 0.0184 e. The second kappa shape index (κ2) is 4.41. The van der Waals surface area contributed by atoms with E-state index in [1.807, 2.05) is 0 Å². The molecule has 1 heteroatoms. The van der Waals surface area contributed by atoms with Crippen molar-refractivity contribution < 1.29 is 0 Å². The van der Waals surface area contributed by atoms with Crippen molar-refractivity contribution in [2.75, 3.05) is 19.6 Å². The molecule has 0 amide bonds. The van der Waals surface area contributed by atoms with Gasteiger partial charge in [-0.25, -0.2) is 0 Å². The Morgan fingerprint density at radius 2 is 2.09 bits per heavy atom. The van der Waals surface area contributed by atoms with E-state index in [-0.39, 0.29) is 0 Å². The summed E-state index contributed by atoms with van der Waals surface area (Å²) in [4.78, 5) is 2.51. The summed E-state index contributed by atoms with van der Waals surface area (Å²) < 4.78 is 0. The fourth-order valence-corrected chi connectivity index (χ4v) is 1.47. The first kappa shape index (κ1) is 8.62. The third-order valence-corrected chi connectivity index (χ3v) is 2.36. The van der Waals surface area contributed by atoms with Crippen molar-refractivity contribution in [3.8, 4) is 12.3 Å². The summed E-state index contributed by atoms with van der Waals surface area (Å²) in [6, 6.07) is 0. The molecule has 1 fully saturated rings. The Balaban J connectivity index is 2.07. The Hall–Kier alpha value is -0.480. The highest BCUT2D eigenvalue weighted by molar-refractivity contribution is 4.90. The molecule has 1 rings (SSSR count). The largest absolute Gasteiger partial charge is 0.303 e. The fraction of sp³-hybridized carbons (Fsp3) is 0.800. The number of rotatable bonds is 3. The van der Waals surface area contributed by atoms with Gasteiger partial charge in [-0.2, -0.15) is 0 Å². The molecule has 1 heterocycles. The van der Waals surface area contributed by atoms with Gasteiger partial charge < -0.3 is 4.90 Å². The molecule has 0 saturated carbocycles. The van der Waals surface area contributed by atoms with Gasteiger partial charge in [0.2, 0.25) is 0 Å². The van der Waals surface area contributed by atoms with E-state index in [0.717, 1.165) is 6.42 Å². The van der Waals surface area contributed by atoms with Crippen molar-refractivity contribution in [2.45, 2.75) is 26.2 Å². The van der Waals surface area contributed by atoms with E-state index in [1.54, 1.807) is 0 Å². The second-order valence-electron chi connectivity index (χ2n) is 3.41. The zero-order chi connectivity index (χ0) is 8.10. The molecule has 0 aromatic heterocycles. The average Bonchev–Trinajstić information content (AvgIpc) is 2.52. The van der Waals surface area contributed by atoms with E-state index in [9.17, 15) is 0 Å². The van der Waals surface area contributed by atoms with Crippen LogP contribution in [0, 0.1) is 18.3 Å². The maximum atomic E-state index is 5.29. The minimum Gasteiger partial charge on any atom is -0.303 e. The van der Waals surface area contributed by atoms with E-state index < -0.39 is 0 Å². The van der Waals surface area contributed by atoms with Crippen LogP contribution >= 0.6 is 0 Å². The molecule has 11 heavy (non-hydrogen) atoms. The van der Waals surface area contributed by atoms with Gasteiger partial charge in [-0.05, 0) is 38.9 Å². The van der Waals surface area contributed by atoms with E-state index in [1.165, 1.54) is 32.5 Å². The molecule has 0 N–H and O–H groups in total. The van der Waals surface area contributed by atoms with Crippen molar-refractivity contribution >= 4 is 0 Å². The first-order valence-corrected chi connectivity index (χ1v) is 4.51. The van der Waals surface area contributed by atoms with Gasteiger partial charge in [-0.15, -0.1) is 12.3 Å². The average molecular weight is 151 g/mol. The van der Waals surface area contributed by atoms with Crippen molar-refractivity contribution in [2.24, 2.45) is 5.92 Å². The molecule has 1 saturated heterocycles. The highest BCUT2D eigenvalue weighted by Crippen LogP contribution is 2.09. The van der Waals surface area contributed by atoms with Crippen LogP contribution in [0.2, 0.25) is 0 Å². The first-order chi connectivity index (χ1) is 5.33. The van der Waals surface area contributed by atoms with Crippen LogP contribution in [0.15, 0.2) is 0 Å². The Bertz CT molecular complexity index is 139. The van der Waals surface area contributed by atoms with Crippen LogP contribution < -0.4 is 0 Å². The maximum absolute atomic E-state index is 5.29. The van der Waals surface area contributed by atoms with Crippen LogP contribution in [0.5, 0.6) is 0 Å². The lowest BCUT2D eigenvalue weighted by Crippen LogP contribution is -2.21. The van der Waals surface area contributed by atoms with Gasteiger partial charge in [0.05, 0.1) is 0 Å². The Morgan fingerprint density at radius 1 is 1.45 bits per heavy atom. The Kier molecular flexibility index (Phi) is 3.45. The van der Waals surface area contributed by atoms with Gasteiger partial charge in [0.15, 0.2) is 0 Å². The SMILES string of the molecule is C#CC(C)CCN1CCCC1. The normalized spacial score (nSPS) is 21.5. The predicted octanol–water partition coefficient (Wildman–Crippen LogP) is 1.74. The van der Waals surface area contributed by atoms with Crippen LogP contribution in [-0.2, 0) is 0 Å². The molecule has 0 spiro atoms. The number of nitrogens with zero attached hydrogens (tertiary/aromatic N) is 1. The lowest BCUT2D eigenvalue weighted by molar-refractivity contribution is 0.322. The minimum absolute atomic E-state index is 0.454. The summed E-state index contributed by atoms with van der Waals surface area (Å²) in [5.41, 5.74) is 0. The molecule has 1 aliphatic rings. The van der Waals surface area contributed by atoms with Crippen LogP contribution in [0.4, 0.5) is 0 Å². The molecular formula is C10H17N. The van der Waals surface area contributed by atoms with Crippen LogP contribution in [0.25, 0.3) is 0 Å². The molecule has 0 aromatic rings. The van der Waals surface area contributed by atoms with E-state index in [0.29, 0.717) is 5.92 Å². The van der Waals surface area contributed by atoms with Crippen molar-refractivity contribution in [1.82, 2.24) is 4.90 Å². The van der Waals surface area contributed by atoms with E-state index in [4.69, 9.17) is 6.42 Å². The van der Waals surface area contributed by atoms with Crippen LogP contribution in [0.1, 0.15) is 26.2 Å². The van der Waals surface area contributed by atoms with Crippen LogP contribution in [0.3, 0.4) is 0 Å². The van der Waals surface area contributed by atoms with Crippen LogP contribution in [-0.4, -0.2) is 24.5 Å². The third-order valence-electron chi connectivity index (χ3n) is 2.36. The zero-order valence-electron chi connectivity index (χ0n) is 7.34. The smallest absolute Gasteiger partial charge is 0.0184 e. The fourth-order valence-electron chi connectivity index (χ4n) is 1.47. The quantitative estimate of drug-likeness (QED) is 0.555. The minimum atomic E-state index is 0.454. The molecule has 0 bridgehead atoms. The number of hydrogen-bond acceptors (Lipinski definition) is 1. The topological polar surface area (TPSA) is 3.24 Å². The van der Waals surface area contributed by atoms with Gasteiger partial charge in [0, 0.05) is 5.92 Å². The molecule has 1 nitrogen and oxygen atoms in total. The molecule has 62 valence electrons. The zero-order valence-corrected chi connectivity index (χ0v) is 7.34.